The first-order chi connectivity index (χ1) is 8.59. The van der Waals surface area contributed by atoms with E-state index < -0.39 is 0 Å². The van der Waals surface area contributed by atoms with E-state index in [1.807, 2.05) is 38.1 Å². The van der Waals surface area contributed by atoms with E-state index >= 15 is 0 Å². The van der Waals surface area contributed by atoms with Gasteiger partial charge >= 0.3 is 0 Å². The number of rotatable bonds is 7. The second-order valence-corrected chi connectivity index (χ2v) is 5.31. The molecule has 0 fully saturated rings. The highest BCUT2D eigenvalue weighted by molar-refractivity contribution is 9.10. The van der Waals surface area contributed by atoms with Gasteiger partial charge in [-0.1, -0.05) is 22.0 Å². The molecule has 18 heavy (non-hydrogen) atoms. The topological polar surface area (TPSA) is 38.3 Å². The normalized spacial score (nSPS) is 10.7. The van der Waals surface area contributed by atoms with E-state index in [1.54, 1.807) is 0 Å². The smallest absolute Gasteiger partial charge is 0.251 e. The Morgan fingerprint density at radius 1 is 1.39 bits per heavy atom. The molecule has 3 nitrogen and oxygen atoms in total. The van der Waals surface area contributed by atoms with Gasteiger partial charge in [0.15, 0.2) is 0 Å². The summed E-state index contributed by atoms with van der Waals surface area (Å²) >= 11 is 3.35. The summed E-state index contributed by atoms with van der Waals surface area (Å²) in [6, 6.07) is 7.38. The van der Waals surface area contributed by atoms with Crippen LogP contribution in [0, 0.1) is 0 Å². The summed E-state index contributed by atoms with van der Waals surface area (Å²) in [5.74, 6) is -0.0268. The number of amides is 1. The molecule has 0 bridgehead atoms. The van der Waals surface area contributed by atoms with Gasteiger partial charge < -0.3 is 10.1 Å². The lowest BCUT2D eigenvalue weighted by Gasteiger charge is -2.08. The summed E-state index contributed by atoms with van der Waals surface area (Å²) in [5.41, 5.74) is 0.683. The Balaban J connectivity index is 2.18. The van der Waals surface area contributed by atoms with Crippen LogP contribution in [-0.4, -0.2) is 25.2 Å². The zero-order chi connectivity index (χ0) is 13.4. The van der Waals surface area contributed by atoms with Gasteiger partial charge in [0.1, 0.15) is 0 Å². The molecule has 1 rings (SSSR count). The molecule has 0 atom stereocenters. The van der Waals surface area contributed by atoms with Crippen LogP contribution in [0.5, 0.6) is 0 Å². The van der Waals surface area contributed by atoms with Crippen molar-refractivity contribution in [3.8, 4) is 0 Å². The van der Waals surface area contributed by atoms with E-state index in [0.29, 0.717) is 12.1 Å². The number of unbranched alkanes of at least 4 members (excludes halogenated alkanes) is 1. The third-order valence-electron chi connectivity index (χ3n) is 2.39. The average molecular weight is 314 g/mol. The van der Waals surface area contributed by atoms with Gasteiger partial charge in [-0.25, -0.2) is 0 Å². The number of benzene rings is 1. The van der Waals surface area contributed by atoms with Crippen LogP contribution in [0.4, 0.5) is 0 Å². The zero-order valence-corrected chi connectivity index (χ0v) is 12.5. The highest BCUT2D eigenvalue weighted by atomic mass is 79.9. The van der Waals surface area contributed by atoms with Gasteiger partial charge in [0, 0.05) is 23.2 Å². The summed E-state index contributed by atoms with van der Waals surface area (Å²) in [4.78, 5) is 11.8. The lowest BCUT2D eigenvalue weighted by atomic mass is 10.2. The summed E-state index contributed by atoms with van der Waals surface area (Å²) in [6.45, 7) is 5.49. The Labute approximate surface area is 117 Å². The largest absolute Gasteiger partial charge is 0.379 e. The number of ether oxygens (including phenoxy) is 1. The minimum atomic E-state index is -0.0268. The second kappa shape index (κ2) is 8.27. The van der Waals surface area contributed by atoms with Crippen molar-refractivity contribution in [3.63, 3.8) is 0 Å². The van der Waals surface area contributed by atoms with Crippen molar-refractivity contribution in [3.05, 3.63) is 34.3 Å². The molecule has 0 aromatic heterocycles. The Bertz CT molecular complexity index is 380. The van der Waals surface area contributed by atoms with E-state index in [0.717, 1.165) is 23.9 Å². The van der Waals surface area contributed by atoms with Gasteiger partial charge in [-0.15, -0.1) is 0 Å². The lowest BCUT2D eigenvalue weighted by molar-refractivity contribution is 0.0754. The van der Waals surface area contributed by atoms with Crippen LogP contribution in [0.1, 0.15) is 37.0 Å². The van der Waals surface area contributed by atoms with Crippen LogP contribution < -0.4 is 5.32 Å². The second-order valence-electron chi connectivity index (χ2n) is 4.39. The maximum atomic E-state index is 11.8. The molecule has 1 amide bonds. The van der Waals surface area contributed by atoms with Gasteiger partial charge in [0.05, 0.1) is 6.10 Å². The van der Waals surface area contributed by atoms with Crippen molar-refractivity contribution in [1.29, 1.82) is 0 Å². The van der Waals surface area contributed by atoms with Gasteiger partial charge in [0.2, 0.25) is 0 Å². The van der Waals surface area contributed by atoms with E-state index in [1.165, 1.54) is 0 Å². The monoisotopic (exact) mass is 313 g/mol. The van der Waals surface area contributed by atoms with Crippen molar-refractivity contribution in [2.75, 3.05) is 13.2 Å². The minimum absolute atomic E-state index is 0.0268. The number of carbonyl (C=O) groups excluding carboxylic acids is 1. The van der Waals surface area contributed by atoms with E-state index in [9.17, 15) is 4.79 Å². The molecule has 4 heteroatoms. The maximum Gasteiger partial charge on any atom is 0.251 e. The molecule has 0 saturated carbocycles. The van der Waals surface area contributed by atoms with E-state index in [4.69, 9.17) is 4.74 Å². The molecule has 0 aliphatic carbocycles. The lowest BCUT2D eigenvalue weighted by Crippen LogP contribution is -2.24. The Morgan fingerprint density at radius 2 is 2.17 bits per heavy atom. The number of carbonyl (C=O) groups is 1. The summed E-state index contributed by atoms with van der Waals surface area (Å²) in [7, 11) is 0. The highest BCUT2D eigenvalue weighted by Crippen LogP contribution is 2.11. The fourth-order valence-corrected chi connectivity index (χ4v) is 1.88. The van der Waals surface area contributed by atoms with Crippen LogP contribution in [0.25, 0.3) is 0 Å². The highest BCUT2D eigenvalue weighted by Gasteiger charge is 2.04. The molecule has 0 heterocycles. The summed E-state index contributed by atoms with van der Waals surface area (Å²) in [6.07, 6.45) is 2.19. The Hall–Kier alpha value is -0.870. The molecule has 1 aromatic rings. The molecule has 100 valence electrons. The first kappa shape index (κ1) is 15.2. The van der Waals surface area contributed by atoms with E-state index in [-0.39, 0.29) is 12.0 Å². The van der Waals surface area contributed by atoms with Gasteiger partial charge in [-0.3, -0.25) is 4.79 Å². The van der Waals surface area contributed by atoms with Gasteiger partial charge in [0.25, 0.3) is 5.91 Å². The number of hydrogen-bond donors (Lipinski definition) is 1. The number of nitrogens with one attached hydrogen (secondary N) is 1. The molecule has 0 unspecified atom stereocenters. The molecule has 0 aliphatic rings. The van der Waals surface area contributed by atoms with Crippen LogP contribution in [0.15, 0.2) is 28.7 Å². The first-order valence-corrected chi connectivity index (χ1v) is 7.04. The SMILES string of the molecule is CC(C)OCCCCNC(=O)c1cccc(Br)c1. The Kier molecular flexibility index (Phi) is 6.98. The van der Waals surface area contributed by atoms with Crippen molar-refractivity contribution in [2.45, 2.75) is 32.8 Å². The van der Waals surface area contributed by atoms with Crippen LogP contribution >= 0.6 is 15.9 Å². The zero-order valence-electron chi connectivity index (χ0n) is 10.9. The predicted octanol–water partition coefficient (Wildman–Crippen LogP) is 3.38. The minimum Gasteiger partial charge on any atom is -0.379 e. The summed E-state index contributed by atoms with van der Waals surface area (Å²) in [5, 5.41) is 2.90. The number of halogens is 1. The molecule has 0 spiro atoms. The number of hydrogen-bond acceptors (Lipinski definition) is 2. The average Bonchev–Trinajstić information content (AvgIpc) is 2.33. The fourth-order valence-electron chi connectivity index (χ4n) is 1.48. The molecule has 1 N–H and O–H groups in total. The quantitative estimate of drug-likeness (QED) is 0.784. The molecular formula is C14H20BrNO2. The van der Waals surface area contributed by atoms with Crippen molar-refractivity contribution >= 4 is 21.8 Å². The summed E-state index contributed by atoms with van der Waals surface area (Å²) < 4.78 is 6.35. The first-order valence-electron chi connectivity index (χ1n) is 6.25. The predicted molar refractivity (Wildman–Crippen MR) is 76.8 cm³/mol. The maximum absolute atomic E-state index is 11.8. The third-order valence-corrected chi connectivity index (χ3v) is 2.89. The molecule has 0 radical (unpaired) electrons. The van der Waals surface area contributed by atoms with Gasteiger partial charge in [-0.2, -0.15) is 0 Å². The molecular weight excluding hydrogens is 294 g/mol. The van der Waals surface area contributed by atoms with Crippen molar-refractivity contribution in [1.82, 2.24) is 5.32 Å². The molecule has 0 saturated heterocycles. The van der Waals surface area contributed by atoms with Crippen LogP contribution in [0.3, 0.4) is 0 Å². The van der Waals surface area contributed by atoms with Gasteiger partial charge in [-0.05, 0) is 44.9 Å². The van der Waals surface area contributed by atoms with Crippen molar-refractivity contribution < 1.29 is 9.53 Å². The van der Waals surface area contributed by atoms with E-state index in [2.05, 4.69) is 21.2 Å². The van der Waals surface area contributed by atoms with Crippen molar-refractivity contribution in [2.24, 2.45) is 0 Å². The third kappa shape index (κ3) is 6.17. The Morgan fingerprint density at radius 3 is 2.83 bits per heavy atom. The molecule has 1 aromatic carbocycles. The fraction of sp³-hybridized carbons (Fsp3) is 0.500. The van der Waals surface area contributed by atoms with Crippen LogP contribution in [-0.2, 0) is 4.74 Å². The van der Waals surface area contributed by atoms with Crippen LogP contribution in [0.2, 0.25) is 0 Å². The molecule has 0 aliphatic heterocycles. The standard InChI is InChI=1S/C14H20BrNO2/c1-11(2)18-9-4-3-8-16-14(17)12-6-5-7-13(15)10-12/h5-7,10-11H,3-4,8-9H2,1-2H3,(H,16,17).